The van der Waals surface area contributed by atoms with Gasteiger partial charge in [-0.1, -0.05) is 6.42 Å². The smallest absolute Gasteiger partial charge is 0.134 e. The average Bonchev–Trinajstić information content (AvgIpc) is 2.80. The summed E-state index contributed by atoms with van der Waals surface area (Å²) in [6, 6.07) is 0.280. The molecular weight excluding hydrogens is 226 g/mol. The summed E-state index contributed by atoms with van der Waals surface area (Å²) in [4.78, 5) is 2.55. The van der Waals surface area contributed by atoms with Crippen LogP contribution >= 0.6 is 0 Å². The molecule has 0 aromatic carbocycles. The van der Waals surface area contributed by atoms with E-state index in [9.17, 15) is 0 Å². The van der Waals surface area contributed by atoms with Gasteiger partial charge in [-0.05, 0) is 32.4 Å². The third-order valence-corrected chi connectivity index (χ3v) is 4.16. The molecule has 100 valence electrons. The van der Waals surface area contributed by atoms with Gasteiger partial charge in [-0.2, -0.15) is 0 Å². The Morgan fingerprint density at radius 2 is 2.00 bits per heavy atom. The predicted octanol–water partition coefficient (Wildman–Crippen LogP) is 0.580. The van der Waals surface area contributed by atoms with Crippen LogP contribution in [0.15, 0.2) is 0 Å². The number of piperidine rings is 1. The Morgan fingerprint density at radius 3 is 2.83 bits per heavy atom. The van der Waals surface area contributed by atoms with Crippen LogP contribution in [0.25, 0.3) is 0 Å². The number of nitrogens with zero attached hydrogens (tertiary/aromatic N) is 4. The molecule has 0 aliphatic carbocycles. The topological polar surface area (TPSA) is 60.0 Å². The molecule has 1 atom stereocenters. The van der Waals surface area contributed by atoms with Crippen LogP contribution in [0.2, 0.25) is 0 Å². The van der Waals surface area contributed by atoms with E-state index in [0.717, 1.165) is 44.0 Å². The van der Waals surface area contributed by atoms with Crippen molar-refractivity contribution in [3.8, 4) is 0 Å². The largest absolute Gasteiger partial charge is 0.326 e. The Hall–Kier alpha value is -0.940. The number of hydrogen-bond donors (Lipinski definition) is 1. The minimum absolute atomic E-state index is 0.280. The summed E-state index contributed by atoms with van der Waals surface area (Å²) in [5.74, 6) is 2.26. The van der Waals surface area contributed by atoms with Gasteiger partial charge in [-0.25, -0.2) is 0 Å². The first-order valence-electron chi connectivity index (χ1n) is 7.22. The van der Waals surface area contributed by atoms with E-state index in [-0.39, 0.29) is 6.04 Å². The summed E-state index contributed by atoms with van der Waals surface area (Å²) >= 11 is 0. The van der Waals surface area contributed by atoms with Gasteiger partial charge in [0.15, 0.2) is 0 Å². The van der Waals surface area contributed by atoms with Crippen LogP contribution in [0, 0.1) is 0 Å². The Morgan fingerprint density at radius 1 is 1.17 bits per heavy atom. The summed E-state index contributed by atoms with van der Waals surface area (Å²) in [6.45, 7) is 4.52. The highest BCUT2D eigenvalue weighted by Gasteiger charge is 2.20. The highest BCUT2D eigenvalue weighted by Crippen LogP contribution is 2.15. The zero-order valence-electron chi connectivity index (χ0n) is 11.0. The maximum Gasteiger partial charge on any atom is 0.134 e. The number of rotatable bonds is 3. The molecule has 1 saturated heterocycles. The molecule has 3 rings (SSSR count). The maximum atomic E-state index is 6.03. The van der Waals surface area contributed by atoms with E-state index < -0.39 is 0 Å². The van der Waals surface area contributed by atoms with Crippen molar-refractivity contribution in [1.82, 2.24) is 19.7 Å². The van der Waals surface area contributed by atoms with E-state index in [1.54, 1.807) is 0 Å². The SMILES string of the molecule is NC1CCc2nnc(CCN3CCCCC3)n2C1. The first-order valence-corrected chi connectivity index (χ1v) is 7.22. The normalized spacial score (nSPS) is 25.1. The average molecular weight is 249 g/mol. The fourth-order valence-electron chi connectivity index (χ4n) is 3.03. The van der Waals surface area contributed by atoms with Crippen LogP contribution in [0.4, 0.5) is 0 Å². The monoisotopic (exact) mass is 249 g/mol. The lowest BCUT2D eigenvalue weighted by molar-refractivity contribution is 0.229. The fraction of sp³-hybridized carbons (Fsp3) is 0.846. The van der Waals surface area contributed by atoms with E-state index in [4.69, 9.17) is 5.73 Å². The second kappa shape index (κ2) is 5.36. The molecule has 5 nitrogen and oxygen atoms in total. The van der Waals surface area contributed by atoms with Gasteiger partial charge >= 0.3 is 0 Å². The highest BCUT2D eigenvalue weighted by atomic mass is 15.3. The number of fused-ring (bicyclic) bond motifs is 1. The Kier molecular flexibility index (Phi) is 3.61. The summed E-state index contributed by atoms with van der Waals surface area (Å²) in [7, 11) is 0. The number of nitrogens with two attached hydrogens (primary N) is 1. The molecule has 2 aliphatic rings. The van der Waals surface area contributed by atoms with Crippen molar-refractivity contribution in [2.75, 3.05) is 19.6 Å². The van der Waals surface area contributed by atoms with Gasteiger partial charge in [-0.3, -0.25) is 0 Å². The van der Waals surface area contributed by atoms with Crippen LogP contribution in [0.5, 0.6) is 0 Å². The van der Waals surface area contributed by atoms with Gasteiger partial charge in [-0.15, -0.1) is 10.2 Å². The van der Waals surface area contributed by atoms with Crippen LogP contribution in [-0.2, 0) is 19.4 Å². The van der Waals surface area contributed by atoms with Gasteiger partial charge in [0.25, 0.3) is 0 Å². The lowest BCUT2D eigenvalue weighted by atomic mass is 10.1. The quantitative estimate of drug-likeness (QED) is 0.851. The summed E-state index contributed by atoms with van der Waals surface area (Å²) in [5.41, 5.74) is 6.03. The van der Waals surface area contributed by atoms with Crippen molar-refractivity contribution in [1.29, 1.82) is 0 Å². The second-order valence-electron chi connectivity index (χ2n) is 5.59. The second-order valence-corrected chi connectivity index (χ2v) is 5.59. The molecule has 1 fully saturated rings. The summed E-state index contributed by atoms with van der Waals surface area (Å²) < 4.78 is 2.25. The van der Waals surface area contributed by atoms with E-state index in [2.05, 4.69) is 19.7 Å². The Balaban J connectivity index is 1.61. The van der Waals surface area contributed by atoms with Crippen LogP contribution in [-0.4, -0.2) is 45.3 Å². The number of likely N-dealkylation sites (tertiary alicyclic amines) is 1. The van der Waals surface area contributed by atoms with Crippen molar-refractivity contribution in [3.05, 3.63) is 11.6 Å². The standard InChI is InChI=1S/C13H23N5/c14-11-4-5-12-15-16-13(18(12)10-11)6-9-17-7-2-1-3-8-17/h11H,1-10,14H2. The van der Waals surface area contributed by atoms with Crippen LogP contribution < -0.4 is 5.73 Å². The molecule has 3 heterocycles. The van der Waals surface area contributed by atoms with Crippen molar-refractivity contribution in [3.63, 3.8) is 0 Å². The molecule has 18 heavy (non-hydrogen) atoms. The molecule has 2 aliphatic heterocycles. The Labute approximate surface area is 108 Å². The van der Waals surface area contributed by atoms with Gasteiger partial charge in [0.05, 0.1) is 0 Å². The molecule has 1 aromatic rings. The summed E-state index contributed by atoms with van der Waals surface area (Å²) in [6.07, 6.45) is 7.14. The highest BCUT2D eigenvalue weighted by molar-refractivity contribution is 5.01. The summed E-state index contributed by atoms with van der Waals surface area (Å²) in [5, 5.41) is 8.64. The number of aryl methyl sites for hydroxylation is 1. The minimum Gasteiger partial charge on any atom is -0.326 e. The van der Waals surface area contributed by atoms with E-state index >= 15 is 0 Å². The molecule has 5 heteroatoms. The lowest BCUT2D eigenvalue weighted by Gasteiger charge is -2.26. The molecule has 1 aromatic heterocycles. The van der Waals surface area contributed by atoms with Crippen molar-refractivity contribution >= 4 is 0 Å². The third kappa shape index (κ3) is 2.57. The van der Waals surface area contributed by atoms with Crippen LogP contribution in [0.3, 0.4) is 0 Å². The van der Waals surface area contributed by atoms with Gasteiger partial charge in [0.2, 0.25) is 0 Å². The van der Waals surface area contributed by atoms with Crippen LogP contribution in [0.1, 0.15) is 37.3 Å². The minimum atomic E-state index is 0.280. The first kappa shape index (κ1) is 12.1. The Bertz CT molecular complexity index is 394. The van der Waals surface area contributed by atoms with Crippen molar-refractivity contribution in [2.45, 2.75) is 51.1 Å². The molecule has 2 N–H and O–H groups in total. The number of hydrogen-bond acceptors (Lipinski definition) is 4. The molecule has 0 amide bonds. The van der Waals surface area contributed by atoms with Gasteiger partial charge < -0.3 is 15.2 Å². The van der Waals surface area contributed by atoms with E-state index in [1.807, 2.05) is 0 Å². The van der Waals surface area contributed by atoms with Gasteiger partial charge in [0.1, 0.15) is 11.6 Å². The zero-order valence-corrected chi connectivity index (χ0v) is 11.0. The molecule has 0 spiro atoms. The van der Waals surface area contributed by atoms with Crippen molar-refractivity contribution in [2.24, 2.45) is 5.73 Å². The molecular formula is C13H23N5. The van der Waals surface area contributed by atoms with Gasteiger partial charge in [0, 0.05) is 32.0 Å². The molecule has 0 bridgehead atoms. The lowest BCUT2D eigenvalue weighted by Crippen LogP contribution is -2.34. The number of aromatic nitrogens is 3. The fourth-order valence-corrected chi connectivity index (χ4v) is 3.03. The molecule has 1 unspecified atom stereocenters. The van der Waals surface area contributed by atoms with Crippen molar-refractivity contribution < 1.29 is 0 Å². The third-order valence-electron chi connectivity index (χ3n) is 4.16. The predicted molar refractivity (Wildman–Crippen MR) is 70.3 cm³/mol. The first-order chi connectivity index (χ1) is 8.83. The zero-order chi connectivity index (χ0) is 12.4. The molecule has 0 saturated carbocycles. The van der Waals surface area contributed by atoms with E-state index in [1.165, 1.54) is 32.4 Å². The van der Waals surface area contributed by atoms with E-state index in [0.29, 0.717) is 0 Å². The molecule has 0 radical (unpaired) electrons. The maximum absolute atomic E-state index is 6.03.